The van der Waals surface area contributed by atoms with Gasteiger partial charge in [-0.25, -0.2) is 9.40 Å². The minimum absolute atomic E-state index is 0.0240. The monoisotopic (exact) mass is 440 g/mol. The number of hydrazine groups is 1. The number of alkyl halides is 2. The Hall–Kier alpha value is -2.94. The molecule has 30 heavy (non-hydrogen) atoms. The molecule has 0 aliphatic rings. The number of halogens is 2. The Balaban J connectivity index is 2.86. The molecule has 0 saturated heterocycles. The fourth-order valence-corrected chi connectivity index (χ4v) is 2.55. The fraction of sp³-hybridized carbons (Fsp3) is 0.400. The van der Waals surface area contributed by atoms with Crippen molar-refractivity contribution in [2.24, 2.45) is 11.7 Å². The number of carbonyl (C=O) groups is 4. The second kappa shape index (κ2) is 12.6. The molecule has 10 heteroatoms. The lowest BCUT2D eigenvalue weighted by atomic mass is 10.0. The molecule has 2 atom stereocenters. The third kappa shape index (κ3) is 9.51. The first-order chi connectivity index (χ1) is 14.1. The maximum absolute atomic E-state index is 13.2. The van der Waals surface area contributed by atoms with Gasteiger partial charge in [0.25, 0.3) is 17.4 Å². The van der Waals surface area contributed by atoms with Gasteiger partial charge < -0.3 is 11.1 Å². The summed E-state index contributed by atoms with van der Waals surface area (Å²) >= 11 is 5.17. The zero-order valence-corrected chi connectivity index (χ0v) is 17.6. The predicted molar refractivity (Wildman–Crippen MR) is 111 cm³/mol. The van der Waals surface area contributed by atoms with Crippen LogP contribution in [-0.4, -0.2) is 46.9 Å². The Labute approximate surface area is 179 Å². The third-order valence-corrected chi connectivity index (χ3v) is 4.03. The second-order valence-electron chi connectivity index (χ2n) is 6.92. The summed E-state index contributed by atoms with van der Waals surface area (Å²) in [5.41, 5.74) is 5.64. The van der Waals surface area contributed by atoms with E-state index in [2.05, 4.69) is 10.7 Å². The van der Waals surface area contributed by atoms with Crippen molar-refractivity contribution in [2.45, 2.75) is 38.4 Å². The molecule has 0 radical (unpaired) electrons. The minimum Gasteiger partial charge on any atom is -0.370 e. The first kappa shape index (κ1) is 25.1. The van der Waals surface area contributed by atoms with E-state index in [0.29, 0.717) is 5.01 Å². The highest BCUT2D eigenvalue weighted by molar-refractivity contribution is 6.29. The molecule has 8 nitrogen and oxygen atoms in total. The lowest BCUT2D eigenvalue weighted by Crippen LogP contribution is -2.56. The van der Waals surface area contributed by atoms with E-state index in [1.807, 2.05) is 44.2 Å². The van der Waals surface area contributed by atoms with E-state index in [9.17, 15) is 23.6 Å². The van der Waals surface area contributed by atoms with Crippen LogP contribution < -0.4 is 16.5 Å². The number of amides is 4. The number of nitrogens with two attached hydrogens (primary N) is 1. The van der Waals surface area contributed by atoms with Crippen molar-refractivity contribution in [2.75, 3.05) is 6.54 Å². The molecule has 0 spiro atoms. The molecule has 0 saturated carbocycles. The molecular formula is C20H26ClFN4O4. The van der Waals surface area contributed by atoms with Crippen molar-refractivity contribution >= 4 is 41.3 Å². The summed E-state index contributed by atoms with van der Waals surface area (Å²) in [6, 6.07) is 8.09. The molecule has 0 bridgehead atoms. The topological polar surface area (TPSA) is 122 Å². The SMILES string of the molecule is CC(C)C[C@H](NC(=O)/C=C/c1ccccc1)C(=O)NN(CCC(N)=O)C(=O)[C@H](F)Cl. The maximum atomic E-state index is 13.2. The summed E-state index contributed by atoms with van der Waals surface area (Å²) in [6.07, 6.45) is 2.82. The molecule has 4 N–H and O–H groups in total. The molecular weight excluding hydrogens is 415 g/mol. The number of nitrogens with zero attached hydrogens (tertiary/aromatic N) is 1. The number of benzene rings is 1. The number of hydrogen-bond acceptors (Lipinski definition) is 4. The third-order valence-electron chi connectivity index (χ3n) is 3.85. The number of rotatable bonds is 10. The van der Waals surface area contributed by atoms with Crippen molar-refractivity contribution in [3.63, 3.8) is 0 Å². The van der Waals surface area contributed by atoms with Crippen LogP contribution in [0, 0.1) is 5.92 Å². The van der Waals surface area contributed by atoms with Gasteiger partial charge >= 0.3 is 0 Å². The lowest BCUT2D eigenvalue weighted by molar-refractivity contribution is -0.145. The number of nitrogens with one attached hydrogen (secondary N) is 2. The molecule has 164 valence electrons. The summed E-state index contributed by atoms with van der Waals surface area (Å²) < 4.78 is 13.2. The van der Waals surface area contributed by atoms with E-state index < -0.39 is 35.3 Å². The van der Waals surface area contributed by atoms with E-state index in [4.69, 9.17) is 17.3 Å². The van der Waals surface area contributed by atoms with E-state index in [1.54, 1.807) is 6.08 Å². The van der Waals surface area contributed by atoms with Crippen molar-refractivity contribution < 1.29 is 23.6 Å². The van der Waals surface area contributed by atoms with Crippen molar-refractivity contribution in [3.05, 3.63) is 42.0 Å². The molecule has 0 aliphatic heterocycles. The Morgan fingerprint density at radius 1 is 1.20 bits per heavy atom. The summed E-state index contributed by atoms with van der Waals surface area (Å²) in [4.78, 5) is 47.7. The smallest absolute Gasteiger partial charge is 0.291 e. The molecule has 1 aromatic rings. The van der Waals surface area contributed by atoms with Crippen LogP contribution >= 0.6 is 11.6 Å². The first-order valence-corrected chi connectivity index (χ1v) is 9.75. The Bertz CT molecular complexity index is 771. The van der Waals surface area contributed by atoms with Gasteiger partial charge in [-0.1, -0.05) is 55.8 Å². The van der Waals surface area contributed by atoms with Crippen molar-refractivity contribution in [1.82, 2.24) is 15.8 Å². The average Bonchev–Trinajstić information content (AvgIpc) is 2.68. The maximum Gasteiger partial charge on any atom is 0.291 e. The van der Waals surface area contributed by atoms with Gasteiger partial charge in [0.05, 0.1) is 6.54 Å². The predicted octanol–water partition coefficient (Wildman–Crippen LogP) is 1.50. The summed E-state index contributed by atoms with van der Waals surface area (Å²) in [5.74, 6) is -3.23. The summed E-state index contributed by atoms with van der Waals surface area (Å²) in [7, 11) is 0. The van der Waals surface area contributed by atoms with Gasteiger partial charge in [0.1, 0.15) is 6.04 Å². The molecule has 0 unspecified atom stereocenters. The van der Waals surface area contributed by atoms with E-state index in [-0.39, 0.29) is 25.3 Å². The zero-order chi connectivity index (χ0) is 22.7. The largest absolute Gasteiger partial charge is 0.370 e. The molecule has 1 rings (SSSR count). The number of carbonyl (C=O) groups excluding carboxylic acids is 4. The van der Waals surface area contributed by atoms with Crippen LogP contribution in [0.1, 0.15) is 32.3 Å². The van der Waals surface area contributed by atoms with E-state index >= 15 is 0 Å². The molecule has 1 aromatic carbocycles. The van der Waals surface area contributed by atoms with Gasteiger partial charge in [0.2, 0.25) is 11.8 Å². The van der Waals surface area contributed by atoms with Crippen LogP contribution in [0.5, 0.6) is 0 Å². The van der Waals surface area contributed by atoms with Gasteiger partial charge in [0, 0.05) is 12.5 Å². The Morgan fingerprint density at radius 3 is 2.37 bits per heavy atom. The average molecular weight is 441 g/mol. The van der Waals surface area contributed by atoms with Crippen molar-refractivity contribution in [1.29, 1.82) is 0 Å². The highest BCUT2D eigenvalue weighted by atomic mass is 35.5. The quantitative estimate of drug-likeness (QED) is 0.290. The fourth-order valence-electron chi connectivity index (χ4n) is 2.43. The second-order valence-corrected chi connectivity index (χ2v) is 7.30. The highest BCUT2D eigenvalue weighted by Crippen LogP contribution is 2.08. The molecule has 0 aromatic heterocycles. The normalized spacial score (nSPS) is 13.0. The summed E-state index contributed by atoms with van der Waals surface area (Å²) in [6.45, 7) is 3.33. The van der Waals surface area contributed by atoms with Crippen LogP contribution in [-0.2, 0) is 19.2 Å². The highest BCUT2D eigenvalue weighted by Gasteiger charge is 2.28. The van der Waals surface area contributed by atoms with Gasteiger partial charge in [-0.05, 0) is 24.0 Å². The lowest BCUT2D eigenvalue weighted by Gasteiger charge is -2.26. The molecule has 0 aliphatic carbocycles. The van der Waals surface area contributed by atoms with E-state index in [1.165, 1.54) is 6.08 Å². The van der Waals surface area contributed by atoms with Crippen LogP contribution in [0.4, 0.5) is 4.39 Å². The van der Waals surface area contributed by atoms with Crippen LogP contribution in [0.15, 0.2) is 36.4 Å². The Kier molecular flexibility index (Phi) is 10.5. The standard InChI is InChI=1S/C20H26ClFN4O4/c1-13(2)12-15(24-17(28)9-8-14-6-4-3-5-7-14)19(29)25-26(11-10-16(23)27)20(30)18(21)22/h3-9,13,15,18H,10-12H2,1-2H3,(H2,23,27)(H,24,28)(H,25,29)/b9-8+/t15-,18-/m0/s1. The van der Waals surface area contributed by atoms with Gasteiger partial charge in [-0.15, -0.1) is 0 Å². The Morgan fingerprint density at radius 2 is 1.83 bits per heavy atom. The van der Waals surface area contributed by atoms with Crippen LogP contribution in [0.25, 0.3) is 6.08 Å². The van der Waals surface area contributed by atoms with Crippen LogP contribution in [0.2, 0.25) is 0 Å². The first-order valence-electron chi connectivity index (χ1n) is 9.32. The van der Waals surface area contributed by atoms with Gasteiger partial charge in [-0.3, -0.25) is 24.6 Å². The molecule has 4 amide bonds. The van der Waals surface area contributed by atoms with Gasteiger partial charge in [-0.2, -0.15) is 0 Å². The van der Waals surface area contributed by atoms with Crippen LogP contribution in [0.3, 0.4) is 0 Å². The molecule has 0 fully saturated rings. The zero-order valence-electron chi connectivity index (χ0n) is 16.8. The van der Waals surface area contributed by atoms with Crippen molar-refractivity contribution in [3.8, 4) is 0 Å². The van der Waals surface area contributed by atoms with Gasteiger partial charge in [0.15, 0.2) is 0 Å². The summed E-state index contributed by atoms with van der Waals surface area (Å²) in [5, 5.41) is 3.15. The van der Waals surface area contributed by atoms with E-state index in [0.717, 1.165) is 5.56 Å². The molecule has 0 heterocycles. The number of primary amides is 1. The number of hydrogen-bond donors (Lipinski definition) is 3. The minimum atomic E-state index is -2.41.